The number of hydrogen-bond donors (Lipinski definition) is 0. The van der Waals surface area contributed by atoms with Crippen molar-refractivity contribution in [3.05, 3.63) is 114 Å². The lowest BCUT2D eigenvalue weighted by molar-refractivity contribution is -0.140. The number of rotatable bonds is 5. The average Bonchev–Trinajstić information content (AvgIpc) is 2.74. The number of carbonyl (C=O) groups is 1. The Morgan fingerprint density at radius 1 is 0.893 bits per heavy atom. The van der Waals surface area contributed by atoms with Crippen LogP contribution >= 0.6 is 11.8 Å². The molecule has 1 fully saturated rings. The molecule has 0 N–H and O–H groups in total. The molecule has 4 rings (SSSR count). The minimum absolute atomic E-state index is 0.0108. The van der Waals surface area contributed by atoms with Gasteiger partial charge in [0, 0.05) is 4.90 Å². The van der Waals surface area contributed by atoms with Crippen LogP contribution in [0.15, 0.2) is 102 Å². The minimum atomic E-state index is -0.125. The molecule has 3 heteroatoms. The molecule has 2 unspecified atom stereocenters. The first-order valence-electron chi connectivity index (χ1n) is 9.30. The molecule has 0 aromatic heterocycles. The van der Waals surface area contributed by atoms with Gasteiger partial charge in [0.2, 0.25) is 5.91 Å². The highest BCUT2D eigenvalue weighted by Gasteiger charge is 2.47. The third-order valence-electron chi connectivity index (χ3n) is 4.77. The lowest BCUT2D eigenvalue weighted by Gasteiger charge is -2.44. The number of likely N-dealkylation sites (tertiary alicyclic amines) is 1. The summed E-state index contributed by atoms with van der Waals surface area (Å²) >= 11 is 1.63. The van der Waals surface area contributed by atoms with Gasteiger partial charge < -0.3 is 4.90 Å². The molecule has 0 saturated carbocycles. The van der Waals surface area contributed by atoms with E-state index in [1.807, 2.05) is 54.6 Å². The fourth-order valence-electron chi connectivity index (χ4n) is 3.25. The molecule has 1 aliphatic heterocycles. The average molecular weight is 384 g/mol. The first-order chi connectivity index (χ1) is 13.7. The predicted molar refractivity (Wildman–Crippen MR) is 116 cm³/mol. The van der Waals surface area contributed by atoms with Crippen LogP contribution in [0.2, 0.25) is 0 Å². The number of thioether (sulfide) groups is 1. The van der Waals surface area contributed by atoms with Crippen molar-refractivity contribution in [3.8, 4) is 0 Å². The Kier molecular flexibility index (Phi) is 5.48. The molecule has 2 atom stereocenters. The zero-order chi connectivity index (χ0) is 19.3. The largest absolute Gasteiger partial charge is 0.302 e. The second-order valence-electron chi connectivity index (χ2n) is 6.80. The van der Waals surface area contributed by atoms with Crippen molar-refractivity contribution >= 4 is 23.7 Å². The molecule has 0 aliphatic carbocycles. The molecular weight excluding hydrogens is 362 g/mol. The molecule has 0 bridgehead atoms. The van der Waals surface area contributed by atoms with Gasteiger partial charge >= 0.3 is 0 Å². The zero-order valence-electron chi connectivity index (χ0n) is 15.7. The van der Waals surface area contributed by atoms with Crippen LogP contribution in [0.5, 0.6) is 0 Å². The Morgan fingerprint density at radius 3 is 2.21 bits per heavy atom. The fourth-order valence-corrected chi connectivity index (χ4v) is 4.48. The number of nitrogens with zero attached hydrogens (tertiary/aromatic N) is 1. The number of benzene rings is 3. The molecule has 1 amide bonds. The Morgan fingerprint density at radius 2 is 1.54 bits per heavy atom. The van der Waals surface area contributed by atoms with Gasteiger partial charge in [-0.1, -0.05) is 78.4 Å². The van der Waals surface area contributed by atoms with Crippen LogP contribution in [0.1, 0.15) is 22.7 Å². The number of hydrogen-bond acceptors (Lipinski definition) is 2. The summed E-state index contributed by atoms with van der Waals surface area (Å²) in [6.07, 6.45) is 3.68. The minimum Gasteiger partial charge on any atom is -0.302 e. The van der Waals surface area contributed by atoms with E-state index < -0.39 is 0 Å². The Labute approximate surface area is 170 Å². The van der Waals surface area contributed by atoms with Crippen LogP contribution in [0.4, 0.5) is 0 Å². The number of amides is 1. The lowest BCUT2D eigenvalue weighted by atomic mass is 9.94. The molecule has 0 radical (unpaired) electrons. The summed E-state index contributed by atoms with van der Waals surface area (Å²) in [7, 11) is 0. The van der Waals surface area contributed by atoms with Crippen molar-refractivity contribution in [2.24, 2.45) is 0 Å². The van der Waals surface area contributed by atoms with Crippen LogP contribution in [0.3, 0.4) is 0 Å². The van der Waals surface area contributed by atoms with E-state index in [0.29, 0.717) is 0 Å². The SMILES string of the molecule is Cc1ccc(SC2C(=O)N(C=C=Cc3ccccc3)C2c2ccccc2)cc1. The first kappa shape index (κ1) is 18.4. The van der Waals surface area contributed by atoms with Gasteiger partial charge in [-0.2, -0.15) is 0 Å². The highest BCUT2D eigenvalue weighted by atomic mass is 32.2. The van der Waals surface area contributed by atoms with E-state index in [-0.39, 0.29) is 17.2 Å². The van der Waals surface area contributed by atoms with Crippen LogP contribution in [0.25, 0.3) is 6.08 Å². The molecule has 1 aliphatic rings. The van der Waals surface area contributed by atoms with Gasteiger partial charge in [0.1, 0.15) is 5.25 Å². The van der Waals surface area contributed by atoms with Crippen molar-refractivity contribution in [2.75, 3.05) is 0 Å². The van der Waals surface area contributed by atoms with Crippen LogP contribution in [-0.4, -0.2) is 16.1 Å². The molecule has 1 saturated heterocycles. The summed E-state index contributed by atoms with van der Waals surface area (Å²) in [6, 6.07) is 28.6. The van der Waals surface area contributed by atoms with E-state index in [2.05, 4.69) is 49.1 Å². The molecule has 3 aromatic carbocycles. The van der Waals surface area contributed by atoms with Crippen LogP contribution in [-0.2, 0) is 4.79 Å². The summed E-state index contributed by atoms with van der Waals surface area (Å²) in [6.45, 7) is 2.07. The zero-order valence-corrected chi connectivity index (χ0v) is 16.5. The third-order valence-corrected chi connectivity index (χ3v) is 6.03. The molecule has 3 aromatic rings. The highest BCUT2D eigenvalue weighted by molar-refractivity contribution is 8.00. The van der Waals surface area contributed by atoms with Gasteiger partial charge in [-0.3, -0.25) is 4.79 Å². The number of aryl methyl sites for hydroxylation is 1. The van der Waals surface area contributed by atoms with E-state index in [1.54, 1.807) is 22.9 Å². The molecule has 1 heterocycles. The summed E-state index contributed by atoms with van der Waals surface area (Å²) in [5.74, 6) is 0.119. The summed E-state index contributed by atoms with van der Waals surface area (Å²) in [4.78, 5) is 15.8. The quantitative estimate of drug-likeness (QED) is 0.406. The Balaban J connectivity index is 1.58. The third kappa shape index (κ3) is 3.96. The molecule has 28 heavy (non-hydrogen) atoms. The lowest BCUT2D eigenvalue weighted by Crippen LogP contribution is -2.54. The smallest absolute Gasteiger partial charge is 0.243 e. The standard InChI is InChI=1S/C25H21NOS/c1-19-14-16-22(17-15-19)28-24-23(21-12-6-3-7-13-21)26(25(24)27)18-8-11-20-9-4-2-5-10-20/h2-7,9-18,23-24H,1H3. The summed E-state index contributed by atoms with van der Waals surface area (Å²) in [5.41, 5.74) is 6.60. The second kappa shape index (κ2) is 8.35. The Hall–Kier alpha value is -3.00. The molecule has 138 valence electrons. The second-order valence-corrected chi connectivity index (χ2v) is 8.02. The number of carbonyl (C=O) groups excluding carboxylic acids is 1. The van der Waals surface area contributed by atoms with E-state index in [4.69, 9.17) is 0 Å². The van der Waals surface area contributed by atoms with Crippen molar-refractivity contribution < 1.29 is 4.79 Å². The molecule has 0 spiro atoms. The van der Waals surface area contributed by atoms with Gasteiger partial charge in [-0.25, -0.2) is 0 Å². The first-order valence-corrected chi connectivity index (χ1v) is 10.2. The van der Waals surface area contributed by atoms with Crippen molar-refractivity contribution in [3.63, 3.8) is 0 Å². The van der Waals surface area contributed by atoms with E-state index in [1.165, 1.54) is 5.56 Å². The van der Waals surface area contributed by atoms with Crippen molar-refractivity contribution in [1.82, 2.24) is 4.90 Å². The van der Waals surface area contributed by atoms with Crippen molar-refractivity contribution in [1.29, 1.82) is 0 Å². The Bertz CT molecular complexity index is 1010. The van der Waals surface area contributed by atoms with Crippen LogP contribution in [0, 0.1) is 6.92 Å². The van der Waals surface area contributed by atoms with E-state index in [0.717, 1.165) is 16.0 Å². The van der Waals surface area contributed by atoms with Gasteiger partial charge in [-0.15, -0.1) is 17.5 Å². The predicted octanol–water partition coefficient (Wildman–Crippen LogP) is 5.87. The van der Waals surface area contributed by atoms with Gasteiger partial charge in [0.05, 0.1) is 12.2 Å². The fraction of sp³-hybridized carbons (Fsp3) is 0.120. The molecular formula is C25H21NOS. The topological polar surface area (TPSA) is 20.3 Å². The van der Waals surface area contributed by atoms with Gasteiger partial charge in [0.15, 0.2) is 0 Å². The van der Waals surface area contributed by atoms with Gasteiger partial charge in [-0.05, 0) is 36.3 Å². The van der Waals surface area contributed by atoms with Crippen LogP contribution < -0.4 is 0 Å². The van der Waals surface area contributed by atoms with E-state index >= 15 is 0 Å². The maximum absolute atomic E-state index is 12.9. The molecule has 2 nitrogen and oxygen atoms in total. The maximum atomic E-state index is 12.9. The maximum Gasteiger partial charge on any atom is 0.243 e. The van der Waals surface area contributed by atoms with Crippen molar-refractivity contribution in [2.45, 2.75) is 23.1 Å². The monoisotopic (exact) mass is 383 g/mol. The number of β-lactam (4-membered cyclic amide) rings is 1. The summed E-state index contributed by atoms with van der Waals surface area (Å²) < 4.78 is 0. The van der Waals surface area contributed by atoms with Gasteiger partial charge in [0.25, 0.3) is 0 Å². The summed E-state index contributed by atoms with van der Waals surface area (Å²) in [5, 5.41) is -0.125. The normalized spacial score (nSPS) is 18.2. The highest BCUT2D eigenvalue weighted by Crippen LogP contribution is 2.45. The van der Waals surface area contributed by atoms with E-state index in [9.17, 15) is 4.79 Å².